The summed E-state index contributed by atoms with van der Waals surface area (Å²) in [6, 6.07) is 10.9. The van der Waals surface area contributed by atoms with Crippen LogP contribution in [-0.2, 0) is 11.2 Å². The summed E-state index contributed by atoms with van der Waals surface area (Å²) in [5, 5.41) is 23.1. The molecule has 32 heavy (non-hydrogen) atoms. The zero-order chi connectivity index (χ0) is 22.8. The largest absolute Gasteiger partial charge is 0.501 e. The first kappa shape index (κ1) is 21.0. The Labute approximate surface area is 184 Å². The topological polar surface area (TPSA) is 158 Å². The number of carbonyl (C=O) groups is 2. The minimum Gasteiger partial charge on any atom is -0.501 e. The third-order valence-corrected chi connectivity index (χ3v) is 5.41. The summed E-state index contributed by atoms with van der Waals surface area (Å²) in [5.41, 5.74) is -0.179. The predicted octanol–water partition coefficient (Wildman–Crippen LogP) is 3.05. The first-order valence-electron chi connectivity index (χ1n) is 9.29. The Morgan fingerprint density at radius 3 is 2.66 bits per heavy atom. The molecule has 11 heteroatoms. The fourth-order valence-corrected chi connectivity index (χ4v) is 3.75. The molecule has 4 N–H and O–H groups in total. The van der Waals surface area contributed by atoms with Crippen molar-refractivity contribution in [2.45, 2.75) is 13.3 Å². The molecular weight excluding hydrogens is 436 g/mol. The molecule has 0 aliphatic carbocycles. The van der Waals surface area contributed by atoms with Crippen LogP contribution in [0.4, 0.5) is 5.69 Å². The predicted molar refractivity (Wildman–Crippen MR) is 116 cm³/mol. The molecule has 0 saturated heterocycles. The van der Waals surface area contributed by atoms with Crippen LogP contribution >= 0.6 is 11.3 Å². The number of nitrogens with one attached hydrogen (secondary N) is 2. The van der Waals surface area contributed by atoms with E-state index >= 15 is 0 Å². The van der Waals surface area contributed by atoms with Crippen LogP contribution in [0.5, 0.6) is 5.75 Å². The van der Waals surface area contributed by atoms with Crippen molar-refractivity contribution in [1.82, 2.24) is 15.0 Å². The molecule has 0 bridgehead atoms. The summed E-state index contributed by atoms with van der Waals surface area (Å²) >= 11 is 1.13. The van der Waals surface area contributed by atoms with Crippen LogP contribution < -0.4 is 10.9 Å². The zero-order valence-electron chi connectivity index (χ0n) is 16.6. The number of hydrogen-bond donors (Lipinski definition) is 4. The number of aryl methyl sites for hydroxylation is 1. The van der Waals surface area contributed by atoms with Gasteiger partial charge in [0.2, 0.25) is 17.5 Å². The van der Waals surface area contributed by atoms with Crippen molar-refractivity contribution < 1.29 is 24.2 Å². The molecule has 0 aliphatic heterocycles. The Morgan fingerprint density at radius 1 is 1.19 bits per heavy atom. The van der Waals surface area contributed by atoms with Gasteiger partial charge in [0.25, 0.3) is 5.56 Å². The van der Waals surface area contributed by atoms with Gasteiger partial charge in [-0.2, -0.15) is 0 Å². The lowest BCUT2D eigenvalue weighted by Crippen LogP contribution is -2.17. The van der Waals surface area contributed by atoms with Crippen molar-refractivity contribution in [1.29, 1.82) is 0 Å². The van der Waals surface area contributed by atoms with Crippen molar-refractivity contribution in [3.05, 3.63) is 69.3 Å². The van der Waals surface area contributed by atoms with E-state index in [1.54, 1.807) is 18.4 Å². The number of H-pyrrole nitrogens is 1. The number of hydrogen-bond acceptors (Lipinski definition) is 8. The van der Waals surface area contributed by atoms with Gasteiger partial charge in [-0.05, 0) is 30.5 Å². The van der Waals surface area contributed by atoms with E-state index in [9.17, 15) is 19.5 Å². The number of aromatic nitrogens is 3. The summed E-state index contributed by atoms with van der Waals surface area (Å²) < 4.78 is 5.67. The monoisotopic (exact) mass is 452 g/mol. The maximum absolute atomic E-state index is 12.6. The van der Waals surface area contributed by atoms with Crippen LogP contribution in [0.2, 0.25) is 0 Å². The number of rotatable bonds is 6. The highest BCUT2D eigenvalue weighted by Crippen LogP contribution is 2.32. The molecule has 0 radical (unpaired) electrons. The van der Waals surface area contributed by atoms with Gasteiger partial charge in [0, 0.05) is 5.56 Å². The molecule has 3 aromatic heterocycles. The lowest BCUT2D eigenvalue weighted by Gasteiger charge is -2.07. The van der Waals surface area contributed by atoms with Crippen LogP contribution in [0.15, 0.2) is 51.0 Å². The van der Waals surface area contributed by atoms with Crippen molar-refractivity contribution in [2.24, 2.45) is 0 Å². The Bertz CT molecular complexity index is 1370. The standard InChI is InChI=1S/C21H16N4O6S/c1-10-13(23-20(31-10)11-5-3-2-4-6-11)9-14(26)22-12-7-8-32-17(12)18-24-15(21(29)30)16(27)19(28)25-18/h2-8,27H,9H2,1H3,(H,22,26)(H,29,30)(H,24,25,28). The summed E-state index contributed by atoms with van der Waals surface area (Å²) in [6.45, 7) is 1.72. The number of aromatic hydroxyl groups is 1. The van der Waals surface area contributed by atoms with Crippen LogP contribution in [0, 0.1) is 6.92 Å². The van der Waals surface area contributed by atoms with Crippen LogP contribution in [0.3, 0.4) is 0 Å². The second-order valence-corrected chi connectivity index (χ2v) is 7.61. The molecule has 3 heterocycles. The van der Waals surface area contributed by atoms with Crippen molar-refractivity contribution in [2.75, 3.05) is 5.32 Å². The van der Waals surface area contributed by atoms with Gasteiger partial charge in [-0.25, -0.2) is 14.8 Å². The SMILES string of the molecule is Cc1oc(-c2ccccc2)nc1CC(=O)Nc1ccsc1-c1nc(C(=O)O)c(O)c(=O)[nH]1. The number of carboxylic acid groups (broad SMARTS) is 1. The van der Waals surface area contributed by atoms with Crippen LogP contribution in [0.25, 0.3) is 22.2 Å². The number of thiophene rings is 1. The second kappa shape index (κ2) is 8.47. The quantitative estimate of drug-likeness (QED) is 0.347. The molecule has 1 amide bonds. The van der Waals surface area contributed by atoms with E-state index in [4.69, 9.17) is 9.52 Å². The van der Waals surface area contributed by atoms with Crippen molar-refractivity contribution in [3.8, 4) is 27.9 Å². The number of carboxylic acids is 1. The average molecular weight is 452 g/mol. The van der Waals surface area contributed by atoms with Crippen LogP contribution in [-0.4, -0.2) is 37.0 Å². The van der Waals surface area contributed by atoms with Crippen molar-refractivity contribution >= 4 is 28.9 Å². The molecule has 162 valence electrons. The molecule has 0 unspecified atom stereocenters. The molecule has 0 fully saturated rings. The summed E-state index contributed by atoms with van der Waals surface area (Å²) in [6.07, 6.45) is -0.0582. The first-order valence-corrected chi connectivity index (χ1v) is 10.2. The highest BCUT2D eigenvalue weighted by molar-refractivity contribution is 7.14. The first-order chi connectivity index (χ1) is 15.3. The molecule has 10 nitrogen and oxygen atoms in total. The van der Waals surface area contributed by atoms with E-state index in [-0.39, 0.29) is 18.2 Å². The Kier molecular flexibility index (Phi) is 5.56. The molecule has 1 aromatic carbocycles. The smallest absolute Gasteiger partial charge is 0.358 e. The van der Waals surface area contributed by atoms with Gasteiger partial charge in [0.15, 0.2) is 11.5 Å². The van der Waals surface area contributed by atoms with Crippen LogP contribution in [0.1, 0.15) is 21.9 Å². The maximum Gasteiger partial charge on any atom is 0.358 e. The number of oxazole rings is 1. The average Bonchev–Trinajstić information content (AvgIpc) is 3.37. The van der Waals surface area contributed by atoms with Gasteiger partial charge in [0.05, 0.1) is 22.7 Å². The summed E-state index contributed by atoms with van der Waals surface area (Å²) in [7, 11) is 0. The van der Waals surface area contributed by atoms with E-state index in [2.05, 4.69) is 20.3 Å². The van der Waals surface area contributed by atoms with Gasteiger partial charge in [0.1, 0.15) is 5.76 Å². The number of amides is 1. The highest BCUT2D eigenvalue weighted by atomic mass is 32.1. The number of aromatic carboxylic acids is 1. The lowest BCUT2D eigenvalue weighted by molar-refractivity contribution is -0.115. The van der Waals surface area contributed by atoms with Gasteiger partial charge in [-0.3, -0.25) is 9.59 Å². The number of benzene rings is 1. The second-order valence-electron chi connectivity index (χ2n) is 6.69. The number of anilines is 1. The molecule has 0 spiro atoms. The Balaban J connectivity index is 1.56. The van der Waals surface area contributed by atoms with Gasteiger partial charge >= 0.3 is 5.97 Å². The number of nitrogens with zero attached hydrogens (tertiary/aromatic N) is 2. The molecule has 0 saturated carbocycles. The Morgan fingerprint density at radius 2 is 1.94 bits per heavy atom. The summed E-state index contributed by atoms with van der Waals surface area (Å²) in [5.74, 6) is -2.08. The van der Waals surface area contributed by atoms with Gasteiger partial charge in [-0.1, -0.05) is 18.2 Å². The maximum atomic E-state index is 12.6. The minimum absolute atomic E-state index is 0.0582. The summed E-state index contributed by atoms with van der Waals surface area (Å²) in [4.78, 5) is 46.6. The molecule has 0 aliphatic rings. The number of carbonyl (C=O) groups excluding carboxylic acids is 1. The Hall–Kier alpha value is -4.25. The third kappa shape index (κ3) is 4.14. The van der Waals surface area contributed by atoms with E-state index in [0.717, 1.165) is 16.9 Å². The fraction of sp³-hybridized carbons (Fsp3) is 0.0952. The number of aromatic amines is 1. The molecule has 4 aromatic rings. The normalized spacial score (nSPS) is 10.8. The fourth-order valence-electron chi connectivity index (χ4n) is 2.96. The van der Waals surface area contributed by atoms with E-state index in [1.807, 2.05) is 30.3 Å². The highest BCUT2D eigenvalue weighted by Gasteiger charge is 2.21. The van der Waals surface area contributed by atoms with Gasteiger partial charge in [-0.15, -0.1) is 11.3 Å². The van der Waals surface area contributed by atoms with Crippen molar-refractivity contribution in [3.63, 3.8) is 0 Å². The molecule has 4 rings (SSSR count). The lowest BCUT2D eigenvalue weighted by atomic mass is 10.2. The zero-order valence-corrected chi connectivity index (χ0v) is 17.4. The van der Waals surface area contributed by atoms with E-state index < -0.39 is 23.0 Å². The van der Waals surface area contributed by atoms with E-state index in [1.165, 1.54) is 0 Å². The molecule has 0 atom stereocenters. The van der Waals surface area contributed by atoms with E-state index in [0.29, 0.717) is 27.9 Å². The molecular formula is C21H16N4O6S. The minimum atomic E-state index is -1.55. The third-order valence-electron chi connectivity index (χ3n) is 4.49. The van der Waals surface area contributed by atoms with Gasteiger partial charge < -0.3 is 24.9 Å².